The number of ether oxygens (including phenoxy) is 3. The van der Waals surface area contributed by atoms with Gasteiger partial charge in [0.1, 0.15) is 11.9 Å². The Bertz CT molecular complexity index is 925. The van der Waals surface area contributed by atoms with E-state index in [1.165, 1.54) is 44.1 Å². The molecule has 1 heterocycles. The van der Waals surface area contributed by atoms with Crippen molar-refractivity contribution in [3.63, 3.8) is 0 Å². The maximum atomic E-state index is 13.0. The van der Waals surface area contributed by atoms with Crippen molar-refractivity contribution >= 4 is 11.9 Å². The van der Waals surface area contributed by atoms with Gasteiger partial charge in [-0.25, -0.2) is 4.79 Å². The van der Waals surface area contributed by atoms with Crippen molar-refractivity contribution in [3.8, 4) is 5.75 Å². The summed E-state index contributed by atoms with van der Waals surface area (Å²) in [6, 6.07) is 5.90. The van der Waals surface area contributed by atoms with Crippen molar-refractivity contribution in [2.24, 2.45) is 23.7 Å². The number of fused-ring (bicyclic) bond motifs is 2. The number of rotatable bonds is 16. The number of carboxylic acids is 1. The fraction of sp³-hybridized carbons (Fsp3) is 0.750. The number of carbonyl (C=O) groups excluding carboxylic acids is 1. The van der Waals surface area contributed by atoms with E-state index >= 15 is 0 Å². The van der Waals surface area contributed by atoms with Gasteiger partial charge in [0.2, 0.25) is 0 Å². The summed E-state index contributed by atoms with van der Waals surface area (Å²) in [6.45, 7) is 2.93. The number of hydrogen-bond donors (Lipinski definition) is 2. The Balaban J connectivity index is 1.37. The van der Waals surface area contributed by atoms with Crippen molar-refractivity contribution in [2.75, 3.05) is 19.8 Å². The van der Waals surface area contributed by atoms with Gasteiger partial charge < -0.3 is 24.4 Å². The van der Waals surface area contributed by atoms with Gasteiger partial charge in [0.25, 0.3) is 0 Å². The first-order valence-corrected chi connectivity index (χ1v) is 15.4. The molecule has 1 saturated heterocycles. The predicted molar refractivity (Wildman–Crippen MR) is 149 cm³/mol. The van der Waals surface area contributed by atoms with Crippen LogP contribution in [-0.4, -0.2) is 54.2 Å². The Morgan fingerprint density at radius 1 is 1.08 bits per heavy atom. The highest BCUT2D eigenvalue weighted by atomic mass is 16.6. The van der Waals surface area contributed by atoms with Crippen molar-refractivity contribution in [1.82, 2.24) is 0 Å². The molecule has 0 radical (unpaired) electrons. The molecule has 0 spiro atoms. The number of aliphatic hydroxyl groups is 1. The summed E-state index contributed by atoms with van der Waals surface area (Å²) in [5.41, 5.74) is 2.29. The minimum Gasteiger partial charge on any atom is -0.482 e. The Labute approximate surface area is 233 Å². The SMILES string of the molecule is CCCCCCCCC[C@H](O)CC[C@@H]1[C@H]2Cc3cccc(OCC(=O)O)c3C[C@H]2C[C@H]1OC(=O)C1CCOC1. The zero-order valence-corrected chi connectivity index (χ0v) is 23.7. The third kappa shape index (κ3) is 8.43. The molecule has 4 rings (SSSR count). The number of benzene rings is 1. The average Bonchev–Trinajstić information content (AvgIpc) is 3.57. The van der Waals surface area contributed by atoms with E-state index in [1.54, 1.807) is 0 Å². The van der Waals surface area contributed by atoms with Gasteiger partial charge in [0, 0.05) is 6.61 Å². The number of carboxylic acid groups (broad SMARTS) is 1. The van der Waals surface area contributed by atoms with Gasteiger partial charge in [-0.3, -0.25) is 4.79 Å². The molecular weight excluding hydrogens is 496 g/mol. The quantitative estimate of drug-likeness (QED) is 0.202. The van der Waals surface area contributed by atoms with Crippen LogP contribution in [0.5, 0.6) is 5.75 Å². The summed E-state index contributed by atoms with van der Waals surface area (Å²) >= 11 is 0. The maximum Gasteiger partial charge on any atom is 0.341 e. The van der Waals surface area contributed by atoms with Crippen LogP contribution in [0.15, 0.2) is 18.2 Å². The molecule has 6 atom stereocenters. The van der Waals surface area contributed by atoms with Crippen LogP contribution in [0, 0.1) is 23.7 Å². The molecule has 2 aliphatic carbocycles. The van der Waals surface area contributed by atoms with Gasteiger partial charge in [-0.05, 0) is 79.9 Å². The van der Waals surface area contributed by atoms with Gasteiger partial charge in [-0.15, -0.1) is 0 Å². The van der Waals surface area contributed by atoms with E-state index in [1.807, 2.05) is 12.1 Å². The zero-order chi connectivity index (χ0) is 27.6. The van der Waals surface area contributed by atoms with Crippen molar-refractivity contribution in [3.05, 3.63) is 29.3 Å². The standard InChI is InChI=1S/C32H48O7/c1-2-3-4-5-6-7-8-11-25(33)13-14-26-27-17-22-10-9-12-29(38-21-31(34)35)28(22)18-24(27)19-30(26)39-32(36)23-15-16-37-20-23/h9-10,12,23-27,30,33H,2-8,11,13-21H2,1H3,(H,34,35)/t23?,24-,25-,26+,27-,30+/m0/s1. The fourth-order valence-electron chi connectivity index (χ4n) is 7.02. The first-order chi connectivity index (χ1) is 19.0. The molecule has 1 aromatic rings. The van der Waals surface area contributed by atoms with E-state index < -0.39 is 5.97 Å². The highest BCUT2D eigenvalue weighted by Crippen LogP contribution is 2.49. The van der Waals surface area contributed by atoms with Gasteiger partial charge in [-0.1, -0.05) is 64.0 Å². The van der Waals surface area contributed by atoms with E-state index in [-0.39, 0.29) is 36.6 Å². The Morgan fingerprint density at radius 3 is 2.62 bits per heavy atom. The van der Waals surface area contributed by atoms with Crippen LogP contribution in [0.2, 0.25) is 0 Å². The number of esters is 1. The molecule has 0 aromatic heterocycles. The number of aliphatic hydroxyl groups excluding tert-OH is 1. The van der Waals surface area contributed by atoms with E-state index in [2.05, 4.69) is 13.0 Å². The monoisotopic (exact) mass is 544 g/mol. The Hall–Kier alpha value is -2.12. The van der Waals surface area contributed by atoms with Gasteiger partial charge in [0.15, 0.2) is 6.61 Å². The van der Waals surface area contributed by atoms with E-state index in [0.29, 0.717) is 30.8 Å². The Morgan fingerprint density at radius 2 is 1.87 bits per heavy atom. The Kier molecular flexibility index (Phi) is 11.5. The molecular formula is C32H48O7. The largest absolute Gasteiger partial charge is 0.482 e. The van der Waals surface area contributed by atoms with Crippen LogP contribution in [0.25, 0.3) is 0 Å². The molecule has 0 bridgehead atoms. The molecule has 1 aromatic carbocycles. The van der Waals surface area contributed by atoms with Crippen LogP contribution < -0.4 is 4.74 Å². The van der Waals surface area contributed by atoms with Crippen LogP contribution in [0.1, 0.15) is 95.1 Å². The molecule has 2 fully saturated rings. The van der Waals surface area contributed by atoms with Crippen molar-refractivity contribution in [1.29, 1.82) is 0 Å². The highest BCUT2D eigenvalue weighted by molar-refractivity contribution is 5.73. The van der Waals surface area contributed by atoms with Crippen LogP contribution in [0.3, 0.4) is 0 Å². The van der Waals surface area contributed by atoms with Crippen LogP contribution in [-0.2, 0) is 31.9 Å². The molecule has 218 valence electrons. The number of aliphatic carboxylic acids is 1. The zero-order valence-electron chi connectivity index (χ0n) is 23.7. The molecule has 2 N–H and O–H groups in total. The summed E-state index contributed by atoms with van der Waals surface area (Å²) in [7, 11) is 0. The summed E-state index contributed by atoms with van der Waals surface area (Å²) in [6.07, 6.45) is 13.8. The fourth-order valence-corrected chi connectivity index (χ4v) is 7.02. The second-order valence-electron chi connectivity index (χ2n) is 12.0. The third-order valence-corrected chi connectivity index (χ3v) is 9.18. The number of carbonyl (C=O) groups is 2. The lowest BCUT2D eigenvalue weighted by molar-refractivity contribution is -0.156. The summed E-state index contributed by atoms with van der Waals surface area (Å²) in [4.78, 5) is 24.0. The van der Waals surface area contributed by atoms with Crippen LogP contribution >= 0.6 is 0 Å². The maximum absolute atomic E-state index is 13.0. The molecule has 39 heavy (non-hydrogen) atoms. The molecule has 1 saturated carbocycles. The number of unbranched alkanes of at least 4 members (excludes halogenated alkanes) is 6. The molecule has 7 nitrogen and oxygen atoms in total. The van der Waals surface area contributed by atoms with E-state index in [0.717, 1.165) is 56.9 Å². The second kappa shape index (κ2) is 15.0. The van der Waals surface area contributed by atoms with Gasteiger partial charge in [0.05, 0.1) is 18.6 Å². The first-order valence-electron chi connectivity index (χ1n) is 15.4. The van der Waals surface area contributed by atoms with Crippen LogP contribution in [0.4, 0.5) is 0 Å². The predicted octanol–water partition coefficient (Wildman–Crippen LogP) is 5.73. The lowest BCUT2D eigenvalue weighted by atomic mass is 9.73. The van der Waals surface area contributed by atoms with Crippen molar-refractivity contribution < 1.29 is 34.0 Å². The minimum atomic E-state index is -0.986. The van der Waals surface area contributed by atoms with E-state index in [4.69, 9.17) is 19.3 Å². The summed E-state index contributed by atoms with van der Waals surface area (Å²) in [5, 5.41) is 19.9. The molecule has 1 unspecified atom stereocenters. The highest BCUT2D eigenvalue weighted by Gasteiger charge is 2.47. The third-order valence-electron chi connectivity index (χ3n) is 9.18. The van der Waals surface area contributed by atoms with Gasteiger partial charge in [-0.2, -0.15) is 0 Å². The second-order valence-corrected chi connectivity index (χ2v) is 12.0. The van der Waals surface area contributed by atoms with E-state index in [9.17, 15) is 14.7 Å². The smallest absolute Gasteiger partial charge is 0.341 e. The lowest BCUT2D eigenvalue weighted by Gasteiger charge is -2.33. The van der Waals surface area contributed by atoms with Gasteiger partial charge >= 0.3 is 11.9 Å². The summed E-state index contributed by atoms with van der Waals surface area (Å²) < 4.78 is 17.2. The molecule has 7 heteroatoms. The molecule has 3 aliphatic rings. The first kappa shape index (κ1) is 29.9. The summed E-state index contributed by atoms with van der Waals surface area (Å²) in [5.74, 6) is 0.267. The number of hydrogen-bond acceptors (Lipinski definition) is 6. The normalized spacial score (nSPS) is 26.6. The lowest BCUT2D eigenvalue weighted by Crippen LogP contribution is -2.31. The average molecular weight is 545 g/mol. The minimum absolute atomic E-state index is 0.146. The van der Waals surface area contributed by atoms with Crippen molar-refractivity contribution in [2.45, 2.75) is 109 Å². The molecule has 0 amide bonds. The molecule has 1 aliphatic heterocycles. The topological polar surface area (TPSA) is 102 Å².